The van der Waals surface area contributed by atoms with Gasteiger partial charge >= 0.3 is 0 Å². The number of hydrogen-bond donors (Lipinski definition) is 1. The summed E-state index contributed by atoms with van der Waals surface area (Å²) in [7, 11) is 0. The molecular formula is C14H15ClN2O. The van der Waals surface area contributed by atoms with Gasteiger partial charge < -0.3 is 10.1 Å². The predicted octanol–water partition coefficient (Wildman–Crippen LogP) is 3.75. The van der Waals surface area contributed by atoms with E-state index >= 15 is 0 Å². The van der Waals surface area contributed by atoms with Gasteiger partial charge in [-0.25, -0.2) is 4.98 Å². The van der Waals surface area contributed by atoms with E-state index in [9.17, 15) is 0 Å². The number of ether oxygens (including phenoxy) is 1. The Kier molecular flexibility index (Phi) is 4.42. The van der Waals surface area contributed by atoms with E-state index in [1.165, 1.54) is 0 Å². The van der Waals surface area contributed by atoms with E-state index in [1.807, 2.05) is 43.3 Å². The zero-order valence-electron chi connectivity index (χ0n) is 10.2. The van der Waals surface area contributed by atoms with E-state index in [4.69, 9.17) is 16.3 Å². The SMILES string of the molecule is CCOc1ncccc1NCc1cccc(Cl)c1. The van der Waals surface area contributed by atoms with Crippen LogP contribution in [0.15, 0.2) is 42.6 Å². The normalized spacial score (nSPS) is 10.1. The third-order valence-corrected chi connectivity index (χ3v) is 2.66. The average molecular weight is 263 g/mol. The first-order valence-corrected chi connectivity index (χ1v) is 6.23. The summed E-state index contributed by atoms with van der Waals surface area (Å²) in [6, 6.07) is 11.6. The highest BCUT2D eigenvalue weighted by atomic mass is 35.5. The summed E-state index contributed by atoms with van der Waals surface area (Å²) in [5, 5.41) is 4.04. The molecule has 2 rings (SSSR count). The molecule has 18 heavy (non-hydrogen) atoms. The van der Waals surface area contributed by atoms with Crippen LogP contribution >= 0.6 is 11.6 Å². The van der Waals surface area contributed by atoms with Crippen molar-refractivity contribution in [2.75, 3.05) is 11.9 Å². The zero-order valence-corrected chi connectivity index (χ0v) is 10.9. The summed E-state index contributed by atoms with van der Waals surface area (Å²) in [6.45, 7) is 3.23. The van der Waals surface area contributed by atoms with Crippen LogP contribution in [0, 0.1) is 0 Å². The molecule has 0 saturated carbocycles. The van der Waals surface area contributed by atoms with Crippen LogP contribution in [-0.2, 0) is 6.54 Å². The van der Waals surface area contributed by atoms with E-state index < -0.39 is 0 Å². The Hall–Kier alpha value is -1.74. The lowest BCUT2D eigenvalue weighted by Gasteiger charge is -2.11. The Morgan fingerprint density at radius 1 is 1.28 bits per heavy atom. The van der Waals surface area contributed by atoms with Crippen molar-refractivity contribution in [3.63, 3.8) is 0 Å². The molecule has 0 unspecified atom stereocenters. The lowest BCUT2D eigenvalue weighted by molar-refractivity contribution is 0.328. The Bertz CT molecular complexity index is 517. The number of aromatic nitrogens is 1. The summed E-state index contributed by atoms with van der Waals surface area (Å²) < 4.78 is 5.45. The fourth-order valence-corrected chi connectivity index (χ4v) is 1.83. The standard InChI is InChI=1S/C14H15ClN2O/c1-2-18-14-13(7-4-8-16-14)17-10-11-5-3-6-12(15)9-11/h3-9,17H,2,10H2,1H3. The Labute approximate surface area is 112 Å². The molecule has 0 saturated heterocycles. The summed E-state index contributed by atoms with van der Waals surface area (Å²) in [5.74, 6) is 0.627. The number of hydrogen-bond acceptors (Lipinski definition) is 3. The van der Waals surface area contributed by atoms with Gasteiger partial charge in [-0.15, -0.1) is 0 Å². The van der Waals surface area contributed by atoms with Crippen LogP contribution < -0.4 is 10.1 Å². The summed E-state index contributed by atoms with van der Waals surface area (Å²) in [6.07, 6.45) is 1.72. The maximum atomic E-state index is 5.94. The number of halogens is 1. The van der Waals surface area contributed by atoms with Gasteiger partial charge in [0.1, 0.15) is 0 Å². The maximum Gasteiger partial charge on any atom is 0.237 e. The van der Waals surface area contributed by atoms with Crippen LogP contribution in [0.5, 0.6) is 5.88 Å². The van der Waals surface area contributed by atoms with Crippen molar-refractivity contribution in [3.8, 4) is 5.88 Å². The third kappa shape index (κ3) is 3.37. The first-order valence-electron chi connectivity index (χ1n) is 5.85. The fourth-order valence-electron chi connectivity index (χ4n) is 1.62. The summed E-state index contributed by atoms with van der Waals surface area (Å²) in [5.41, 5.74) is 2.01. The first kappa shape index (κ1) is 12.7. The number of anilines is 1. The van der Waals surface area contributed by atoms with Crippen LogP contribution in [0.1, 0.15) is 12.5 Å². The fraction of sp³-hybridized carbons (Fsp3) is 0.214. The molecule has 0 bridgehead atoms. The van der Waals surface area contributed by atoms with Crippen molar-refractivity contribution in [3.05, 3.63) is 53.2 Å². The quantitative estimate of drug-likeness (QED) is 0.891. The van der Waals surface area contributed by atoms with Gasteiger partial charge in [-0.1, -0.05) is 23.7 Å². The molecule has 0 aliphatic rings. The second-order valence-electron chi connectivity index (χ2n) is 3.77. The van der Waals surface area contributed by atoms with Gasteiger partial charge in [0.15, 0.2) is 0 Å². The van der Waals surface area contributed by atoms with Crippen molar-refractivity contribution < 1.29 is 4.74 Å². The zero-order chi connectivity index (χ0) is 12.8. The van der Waals surface area contributed by atoms with Crippen molar-refractivity contribution in [1.29, 1.82) is 0 Å². The third-order valence-electron chi connectivity index (χ3n) is 2.42. The Morgan fingerprint density at radius 2 is 2.17 bits per heavy atom. The van der Waals surface area contributed by atoms with Crippen LogP contribution in [-0.4, -0.2) is 11.6 Å². The van der Waals surface area contributed by atoms with Crippen molar-refractivity contribution in [2.45, 2.75) is 13.5 Å². The number of pyridine rings is 1. The van der Waals surface area contributed by atoms with Gasteiger partial charge in [0.2, 0.25) is 5.88 Å². The number of nitrogens with one attached hydrogen (secondary N) is 1. The highest BCUT2D eigenvalue weighted by Gasteiger charge is 2.03. The van der Waals surface area contributed by atoms with E-state index in [0.29, 0.717) is 19.0 Å². The molecule has 3 nitrogen and oxygen atoms in total. The number of benzene rings is 1. The molecule has 0 amide bonds. The highest BCUT2D eigenvalue weighted by molar-refractivity contribution is 6.30. The van der Waals surface area contributed by atoms with Gasteiger partial charge in [-0.05, 0) is 36.8 Å². The molecule has 1 heterocycles. The molecule has 2 aromatic rings. The monoisotopic (exact) mass is 262 g/mol. The number of nitrogens with zero attached hydrogens (tertiary/aromatic N) is 1. The van der Waals surface area contributed by atoms with Gasteiger partial charge in [-0.2, -0.15) is 0 Å². The first-order chi connectivity index (χ1) is 8.79. The van der Waals surface area contributed by atoms with Gasteiger partial charge in [0.05, 0.1) is 12.3 Å². The van der Waals surface area contributed by atoms with Crippen LogP contribution in [0.2, 0.25) is 5.02 Å². The van der Waals surface area contributed by atoms with Crippen molar-refractivity contribution in [1.82, 2.24) is 4.98 Å². The van der Waals surface area contributed by atoms with Crippen LogP contribution in [0.4, 0.5) is 5.69 Å². The van der Waals surface area contributed by atoms with Gasteiger partial charge in [0, 0.05) is 17.8 Å². The molecule has 0 radical (unpaired) electrons. The van der Waals surface area contributed by atoms with Gasteiger partial charge in [0.25, 0.3) is 0 Å². The van der Waals surface area contributed by atoms with E-state index in [-0.39, 0.29) is 0 Å². The van der Waals surface area contributed by atoms with E-state index in [0.717, 1.165) is 16.3 Å². The lowest BCUT2D eigenvalue weighted by Crippen LogP contribution is -2.03. The molecule has 1 N–H and O–H groups in total. The Balaban J connectivity index is 2.06. The molecule has 4 heteroatoms. The molecule has 1 aromatic carbocycles. The molecule has 94 valence electrons. The predicted molar refractivity (Wildman–Crippen MR) is 74.2 cm³/mol. The minimum atomic E-state index is 0.600. The highest BCUT2D eigenvalue weighted by Crippen LogP contribution is 2.21. The minimum Gasteiger partial charge on any atom is -0.476 e. The van der Waals surface area contributed by atoms with Crippen LogP contribution in [0.25, 0.3) is 0 Å². The van der Waals surface area contributed by atoms with Crippen LogP contribution in [0.3, 0.4) is 0 Å². The van der Waals surface area contributed by atoms with Crippen molar-refractivity contribution >= 4 is 17.3 Å². The minimum absolute atomic E-state index is 0.600. The van der Waals surface area contributed by atoms with E-state index in [2.05, 4.69) is 10.3 Å². The van der Waals surface area contributed by atoms with E-state index in [1.54, 1.807) is 6.20 Å². The maximum absolute atomic E-state index is 5.94. The smallest absolute Gasteiger partial charge is 0.237 e. The number of rotatable bonds is 5. The summed E-state index contributed by atoms with van der Waals surface area (Å²) >= 11 is 5.94. The molecule has 1 aromatic heterocycles. The largest absolute Gasteiger partial charge is 0.476 e. The molecule has 0 aliphatic heterocycles. The molecular weight excluding hydrogens is 248 g/mol. The topological polar surface area (TPSA) is 34.1 Å². The lowest BCUT2D eigenvalue weighted by atomic mass is 10.2. The molecule has 0 atom stereocenters. The second-order valence-corrected chi connectivity index (χ2v) is 4.21. The molecule has 0 spiro atoms. The molecule has 0 fully saturated rings. The summed E-state index contributed by atoms with van der Waals surface area (Å²) in [4.78, 5) is 4.19. The molecule has 0 aliphatic carbocycles. The second kappa shape index (κ2) is 6.26. The Morgan fingerprint density at radius 3 is 2.94 bits per heavy atom. The average Bonchev–Trinajstić information content (AvgIpc) is 2.38. The van der Waals surface area contributed by atoms with Crippen molar-refractivity contribution in [2.24, 2.45) is 0 Å². The van der Waals surface area contributed by atoms with Gasteiger partial charge in [-0.3, -0.25) is 0 Å².